The fourth-order valence-corrected chi connectivity index (χ4v) is 2.33. The SMILES string of the molecule is Nc1ccnc(CNc2ccc(S(=O)(=O)C(F)(F)F)cc2)n1. The van der Waals surface area contributed by atoms with Gasteiger partial charge in [-0.1, -0.05) is 0 Å². The summed E-state index contributed by atoms with van der Waals surface area (Å²) in [6, 6.07) is 5.73. The molecule has 22 heavy (non-hydrogen) atoms. The van der Waals surface area contributed by atoms with Crippen LogP contribution < -0.4 is 11.1 Å². The largest absolute Gasteiger partial charge is 0.501 e. The van der Waals surface area contributed by atoms with E-state index in [1.807, 2.05) is 0 Å². The highest BCUT2D eigenvalue weighted by atomic mass is 32.2. The van der Waals surface area contributed by atoms with Crippen LogP contribution in [0.4, 0.5) is 24.7 Å². The van der Waals surface area contributed by atoms with Crippen molar-refractivity contribution in [2.24, 2.45) is 0 Å². The van der Waals surface area contributed by atoms with Crippen molar-refractivity contribution in [3.63, 3.8) is 0 Å². The molecule has 0 atom stereocenters. The van der Waals surface area contributed by atoms with Crippen LogP contribution in [0.15, 0.2) is 41.4 Å². The second-order valence-electron chi connectivity index (χ2n) is 4.22. The van der Waals surface area contributed by atoms with Gasteiger partial charge in [0.25, 0.3) is 9.84 Å². The number of aromatic nitrogens is 2. The Balaban J connectivity index is 2.10. The summed E-state index contributed by atoms with van der Waals surface area (Å²) in [6.45, 7) is 0.191. The molecule has 0 bridgehead atoms. The molecule has 0 aliphatic rings. The van der Waals surface area contributed by atoms with Crippen molar-refractivity contribution in [1.29, 1.82) is 0 Å². The second kappa shape index (κ2) is 5.79. The number of benzene rings is 1. The van der Waals surface area contributed by atoms with Crippen LogP contribution in [0.1, 0.15) is 5.82 Å². The molecule has 118 valence electrons. The van der Waals surface area contributed by atoms with Crippen LogP contribution >= 0.6 is 0 Å². The number of alkyl halides is 3. The minimum Gasteiger partial charge on any atom is -0.384 e. The van der Waals surface area contributed by atoms with Crippen molar-refractivity contribution in [3.05, 3.63) is 42.4 Å². The lowest BCUT2D eigenvalue weighted by Crippen LogP contribution is -2.23. The number of nitrogen functional groups attached to an aromatic ring is 1. The molecule has 0 spiro atoms. The zero-order valence-corrected chi connectivity index (χ0v) is 11.8. The third-order valence-corrected chi connectivity index (χ3v) is 4.15. The summed E-state index contributed by atoms with van der Waals surface area (Å²) in [7, 11) is -5.33. The second-order valence-corrected chi connectivity index (χ2v) is 6.17. The zero-order chi connectivity index (χ0) is 16.4. The highest BCUT2D eigenvalue weighted by Gasteiger charge is 2.46. The monoisotopic (exact) mass is 332 g/mol. The lowest BCUT2D eigenvalue weighted by Gasteiger charge is -2.09. The van der Waals surface area contributed by atoms with Crippen molar-refractivity contribution < 1.29 is 21.6 Å². The summed E-state index contributed by atoms with van der Waals surface area (Å²) < 4.78 is 59.6. The Hall–Kier alpha value is -2.36. The summed E-state index contributed by atoms with van der Waals surface area (Å²) >= 11 is 0. The number of rotatable bonds is 4. The Kier molecular flexibility index (Phi) is 4.22. The Morgan fingerprint density at radius 2 is 1.77 bits per heavy atom. The topological polar surface area (TPSA) is 98.0 Å². The van der Waals surface area contributed by atoms with Crippen LogP contribution in [0.25, 0.3) is 0 Å². The van der Waals surface area contributed by atoms with E-state index >= 15 is 0 Å². The molecule has 0 radical (unpaired) electrons. The van der Waals surface area contributed by atoms with Gasteiger partial charge in [0.2, 0.25) is 0 Å². The lowest BCUT2D eigenvalue weighted by molar-refractivity contribution is -0.0436. The van der Waals surface area contributed by atoms with Crippen LogP contribution in [0.2, 0.25) is 0 Å². The molecule has 2 rings (SSSR count). The number of nitrogens with two attached hydrogens (primary N) is 1. The minimum atomic E-state index is -5.33. The molecule has 2 aromatic rings. The normalized spacial score (nSPS) is 12.1. The molecule has 0 saturated carbocycles. The molecule has 0 aliphatic carbocycles. The molecule has 1 heterocycles. The highest BCUT2D eigenvalue weighted by molar-refractivity contribution is 7.92. The molecule has 0 unspecified atom stereocenters. The van der Waals surface area contributed by atoms with Gasteiger partial charge >= 0.3 is 5.51 Å². The van der Waals surface area contributed by atoms with E-state index in [0.29, 0.717) is 17.3 Å². The van der Waals surface area contributed by atoms with Gasteiger partial charge in [-0.3, -0.25) is 0 Å². The maximum absolute atomic E-state index is 12.4. The van der Waals surface area contributed by atoms with Crippen LogP contribution in [-0.2, 0) is 16.4 Å². The maximum Gasteiger partial charge on any atom is 0.501 e. The van der Waals surface area contributed by atoms with E-state index in [1.54, 1.807) is 0 Å². The smallest absolute Gasteiger partial charge is 0.384 e. The van der Waals surface area contributed by atoms with Gasteiger partial charge in [0, 0.05) is 11.9 Å². The lowest BCUT2D eigenvalue weighted by atomic mass is 10.3. The number of hydrogen-bond donors (Lipinski definition) is 2. The average molecular weight is 332 g/mol. The number of sulfone groups is 1. The number of nitrogens with zero attached hydrogens (tertiary/aromatic N) is 2. The number of hydrogen-bond acceptors (Lipinski definition) is 6. The van der Waals surface area contributed by atoms with Crippen molar-refractivity contribution in [2.75, 3.05) is 11.1 Å². The van der Waals surface area contributed by atoms with E-state index in [1.165, 1.54) is 24.4 Å². The van der Waals surface area contributed by atoms with Gasteiger partial charge in [-0.15, -0.1) is 0 Å². The van der Waals surface area contributed by atoms with Crippen molar-refractivity contribution in [3.8, 4) is 0 Å². The Morgan fingerprint density at radius 1 is 1.14 bits per heavy atom. The summed E-state index contributed by atoms with van der Waals surface area (Å²) in [5.41, 5.74) is 0.585. The van der Waals surface area contributed by atoms with E-state index in [4.69, 9.17) is 5.73 Å². The molecule has 1 aromatic heterocycles. The number of halogens is 3. The van der Waals surface area contributed by atoms with Gasteiger partial charge in [0.15, 0.2) is 0 Å². The fraction of sp³-hybridized carbons (Fsp3) is 0.167. The van der Waals surface area contributed by atoms with Crippen molar-refractivity contribution in [1.82, 2.24) is 9.97 Å². The minimum absolute atomic E-state index is 0.191. The molecule has 10 heteroatoms. The Labute approximate surface area is 124 Å². The quantitative estimate of drug-likeness (QED) is 0.888. The molecular weight excluding hydrogens is 321 g/mol. The molecule has 0 aliphatic heterocycles. The predicted octanol–water partition coefficient (Wildman–Crippen LogP) is 1.96. The maximum atomic E-state index is 12.4. The van der Waals surface area contributed by atoms with E-state index in [2.05, 4.69) is 15.3 Å². The first-order chi connectivity index (χ1) is 10.2. The highest BCUT2D eigenvalue weighted by Crippen LogP contribution is 2.30. The van der Waals surface area contributed by atoms with Gasteiger partial charge in [-0.25, -0.2) is 18.4 Å². The van der Waals surface area contributed by atoms with E-state index in [0.717, 1.165) is 12.1 Å². The first-order valence-electron chi connectivity index (χ1n) is 5.93. The van der Waals surface area contributed by atoms with Gasteiger partial charge in [0.05, 0.1) is 11.4 Å². The van der Waals surface area contributed by atoms with Crippen LogP contribution in [0.3, 0.4) is 0 Å². The van der Waals surface area contributed by atoms with Crippen LogP contribution in [-0.4, -0.2) is 23.9 Å². The molecule has 0 saturated heterocycles. The third-order valence-electron chi connectivity index (χ3n) is 2.65. The predicted molar refractivity (Wildman–Crippen MR) is 73.5 cm³/mol. The summed E-state index contributed by atoms with van der Waals surface area (Å²) in [5.74, 6) is 0.686. The number of anilines is 2. The third kappa shape index (κ3) is 3.45. The number of nitrogens with one attached hydrogen (secondary N) is 1. The van der Waals surface area contributed by atoms with Gasteiger partial charge in [-0.2, -0.15) is 13.2 Å². The molecule has 3 N–H and O–H groups in total. The fourth-order valence-electron chi connectivity index (χ4n) is 1.57. The van der Waals surface area contributed by atoms with Crippen LogP contribution in [0.5, 0.6) is 0 Å². The van der Waals surface area contributed by atoms with Gasteiger partial charge < -0.3 is 11.1 Å². The average Bonchev–Trinajstić information content (AvgIpc) is 2.44. The summed E-state index contributed by atoms with van der Waals surface area (Å²) in [4.78, 5) is 7.07. The van der Waals surface area contributed by atoms with E-state index < -0.39 is 20.2 Å². The van der Waals surface area contributed by atoms with Gasteiger partial charge in [-0.05, 0) is 30.3 Å². The van der Waals surface area contributed by atoms with Gasteiger partial charge in [0.1, 0.15) is 11.6 Å². The molecule has 1 aromatic carbocycles. The van der Waals surface area contributed by atoms with E-state index in [-0.39, 0.29) is 6.54 Å². The molecule has 0 amide bonds. The molecular formula is C12H11F3N4O2S. The molecule has 6 nitrogen and oxygen atoms in total. The summed E-state index contributed by atoms with van der Waals surface area (Å²) in [5, 5.41) is 2.85. The Bertz CT molecular complexity index is 761. The zero-order valence-electron chi connectivity index (χ0n) is 11.0. The first-order valence-corrected chi connectivity index (χ1v) is 7.41. The van der Waals surface area contributed by atoms with E-state index in [9.17, 15) is 21.6 Å². The standard InChI is InChI=1S/C12H11F3N4O2S/c13-12(14,15)22(20,21)9-3-1-8(2-4-9)18-7-11-17-6-5-10(16)19-11/h1-6,18H,7H2,(H2,16,17,19). The molecule has 0 fully saturated rings. The first kappa shape index (κ1) is 16.0. The summed E-state index contributed by atoms with van der Waals surface area (Å²) in [6.07, 6.45) is 1.47. The van der Waals surface area contributed by atoms with Crippen molar-refractivity contribution in [2.45, 2.75) is 16.9 Å². The van der Waals surface area contributed by atoms with Crippen molar-refractivity contribution >= 4 is 21.3 Å². The van der Waals surface area contributed by atoms with Crippen LogP contribution in [0, 0.1) is 0 Å². The Morgan fingerprint density at radius 3 is 2.32 bits per heavy atom.